The molecule has 0 radical (unpaired) electrons. The van der Waals surface area contributed by atoms with Gasteiger partial charge in [-0.25, -0.2) is 8.78 Å². The SMILES string of the molecule is C=CSc1ccc(Cl)cc1CC(C(=O)N/C=C/c1cc(F)cc(F)c1)P(=O)(O)O. The molecule has 0 fully saturated rings. The molecule has 154 valence electrons. The van der Waals surface area contributed by atoms with Gasteiger partial charge in [-0.05, 0) is 59.4 Å². The molecule has 10 heteroatoms. The van der Waals surface area contributed by atoms with Crippen molar-refractivity contribution >= 4 is 42.9 Å². The molecular formula is C19H17ClF2NO4PS. The zero-order valence-corrected chi connectivity index (χ0v) is 17.4. The summed E-state index contributed by atoms with van der Waals surface area (Å²) in [7, 11) is -4.82. The maximum atomic E-state index is 13.2. The van der Waals surface area contributed by atoms with Crippen LogP contribution in [-0.4, -0.2) is 21.4 Å². The molecule has 2 aromatic carbocycles. The van der Waals surface area contributed by atoms with Gasteiger partial charge >= 0.3 is 7.60 Å². The molecule has 29 heavy (non-hydrogen) atoms. The van der Waals surface area contributed by atoms with E-state index in [4.69, 9.17) is 11.6 Å². The van der Waals surface area contributed by atoms with Gasteiger partial charge in [-0.15, -0.1) is 0 Å². The molecule has 0 heterocycles. The Balaban J connectivity index is 2.21. The van der Waals surface area contributed by atoms with Crippen molar-refractivity contribution < 1.29 is 27.9 Å². The van der Waals surface area contributed by atoms with Gasteiger partial charge in [-0.1, -0.05) is 29.9 Å². The zero-order valence-electron chi connectivity index (χ0n) is 14.9. The zero-order chi connectivity index (χ0) is 21.6. The lowest BCUT2D eigenvalue weighted by Crippen LogP contribution is -2.33. The van der Waals surface area contributed by atoms with Crippen LogP contribution in [0.2, 0.25) is 5.02 Å². The number of halogens is 3. The molecule has 0 aliphatic heterocycles. The smallest absolute Gasteiger partial charge is 0.332 e. The lowest BCUT2D eigenvalue weighted by Gasteiger charge is -2.18. The van der Waals surface area contributed by atoms with Crippen LogP contribution < -0.4 is 5.32 Å². The molecule has 1 unspecified atom stereocenters. The van der Waals surface area contributed by atoms with Gasteiger partial charge in [-0.2, -0.15) is 0 Å². The Morgan fingerprint density at radius 3 is 2.48 bits per heavy atom. The van der Waals surface area contributed by atoms with Gasteiger partial charge < -0.3 is 15.1 Å². The van der Waals surface area contributed by atoms with Crippen LogP contribution in [0.3, 0.4) is 0 Å². The van der Waals surface area contributed by atoms with E-state index in [-0.39, 0.29) is 12.0 Å². The highest BCUT2D eigenvalue weighted by Crippen LogP contribution is 2.44. The molecule has 1 atom stereocenters. The van der Waals surface area contributed by atoms with E-state index in [9.17, 15) is 27.9 Å². The normalized spacial score (nSPS) is 12.7. The third kappa shape index (κ3) is 7.10. The van der Waals surface area contributed by atoms with Crippen molar-refractivity contribution in [3.63, 3.8) is 0 Å². The number of nitrogens with one attached hydrogen (secondary N) is 1. The maximum absolute atomic E-state index is 13.2. The molecule has 2 rings (SSSR count). The molecule has 1 amide bonds. The lowest BCUT2D eigenvalue weighted by atomic mass is 10.1. The van der Waals surface area contributed by atoms with E-state index in [1.807, 2.05) is 0 Å². The second-order valence-electron chi connectivity index (χ2n) is 5.89. The Morgan fingerprint density at radius 1 is 1.24 bits per heavy atom. The summed E-state index contributed by atoms with van der Waals surface area (Å²) in [6.45, 7) is 3.60. The maximum Gasteiger partial charge on any atom is 0.338 e. The van der Waals surface area contributed by atoms with Gasteiger partial charge in [0, 0.05) is 22.2 Å². The first-order chi connectivity index (χ1) is 13.6. The quantitative estimate of drug-likeness (QED) is 0.392. The largest absolute Gasteiger partial charge is 0.338 e. The van der Waals surface area contributed by atoms with Gasteiger partial charge in [0.25, 0.3) is 0 Å². The van der Waals surface area contributed by atoms with Crippen molar-refractivity contribution in [2.45, 2.75) is 17.0 Å². The molecule has 3 N–H and O–H groups in total. The second kappa shape index (κ2) is 10.2. The van der Waals surface area contributed by atoms with E-state index in [1.54, 1.807) is 17.5 Å². The van der Waals surface area contributed by atoms with Gasteiger partial charge in [0.05, 0.1) is 0 Å². The predicted molar refractivity (Wildman–Crippen MR) is 111 cm³/mol. The Hall–Kier alpha value is -1.96. The molecule has 0 saturated heterocycles. The first-order valence-electron chi connectivity index (χ1n) is 8.14. The number of hydrogen-bond acceptors (Lipinski definition) is 3. The highest BCUT2D eigenvalue weighted by atomic mass is 35.5. The minimum atomic E-state index is -4.82. The summed E-state index contributed by atoms with van der Waals surface area (Å²) in [5.41, 5.74) is -1.07. The fourth-order valence-corrected chi connectivity index (χ4v) is 4.10. The van der Waals surface area contributed by atoms with Crippen LogP contribution >= 0.6 is 31.0 Å². The van der Waals surface area contributed by atoms with Crippen molar-refractivity contribution in [1.82, 2.24) is 5.32 Å². The van der Waals surface area contributed by atoms with Gasteiger partial charge in [-0.3, -0.25) is 9.36 Å². The van der Waals surface area contributed by atoms with E-state index in [0.29, 0.717) is 21.5 Å². The fraction of sp³-hybridized carbons (Fsp3) is 0.105. The number of rotatable bonds is 8. The summed E-state index contributed by atoms with van der Waals surface area (Å²) in [6.07, 6.45) is 2.00. The lowest BCUT2D eigenvalue weighted by molar-refractivity contribution is -0.120. The average Bonchev–Trinajstić information content (AvgIpc) is 2.60. The predicted octanol–water partition coefficient (Wildman–Crippen LogP) is 4.73. The first kappa shape index (κ1) is 23.3. The van der Waals surface area contributed by atoms with E-state index in [0.717, 1.165) is 18.3 Å². The molecular weight excluding hydrogens is 443 g/mol. The summed E-state index contributed by atoms with van der Waals surface area (Å²) in [4.78, 5) is 32.4. The van der Waals surface area contributed by atoms with E-state index < -0.39 is 30.8 Å². The summed E-state index contributed by atoms with van der Waals surface area (Å²) < 4.78 is 38.3. The minimum Gasteiger partial charge on any atom is -0.332 e. The Morgan fingerprint density at radius 2 is 1.90 bits per heavy atom. The van der Waals surface area contributed by atoms with Gasteiger partial charge in [0.2, 0.25) is 5.91 Å². The van der Waals surface area contributed by atoms with Crippen molar-refractivity contribution in [2.24, 2.45) is 0 Å². The van der Waals surface area contributed by atoms with Gasteiger partial charge in [0.15, 0.2) is 0 Å². The Labute approximate surface area is 175 Å². The molecule has 0 aliphatic rings. The van der Waals surface area contributed by atoms with Crippen LogP contribution in [0.4, 0.5) is 8.78 Å². The van der Waals surface area contributed by atoms with E-state index >= 15 is 0 Å². The molecule has 0 aromatic heterocycles. The topological polar surface area (TPSA) is 86.6 Å². The number of carbonyl (C=O) groups excluding carboxylic acids is 1. The number of carbonyl (C=O) groups is 1. The van der Waals surface area contributed by atoms with Crippen LogP contribution in [0.15, 0.2) is 59.5 Å². The minimum absolute atomic E-state index is 0.134. The van der Waals surface area contributed by atoms with Crippen LogP contribution in [-0.2, 0) is 15.8 Å². The monoisotopic (exact) mass is 459 g/mol. The third-order valence-electron chi connectivity index (χ3n) is 3.74. The summed E-state index contributed by atoms with van der Waals surface area (Å²) in [5.74, 6) is -2.53. The summed E-state index contributed by atoms with van der Waals surface area (Å²) in [5, 5.41) is 4.14. The molecule has 2 aromatic rings. The number of hydrogen-bond donors (Lipinski definition) is 3. The van der Waals surface area contributed by atoms with Crippen molar-refractivity contribution in [3.8, 4) is 0 Å². The standard InChI is InChI=1S/C19H17ClF2NO4PS/c1-2-29-18-4-3-14(20)9-13(18)10-17(28(25,26)27)19(24)23-6-5-12-7-15(21)11-16(22)8-12/h2-9,11,17H,1,10H2,(H,23,24)(H2,25,26,27)/b6-5+. The van der Waals surface area contributed by atoms with Crippen molar-refractivity contribution in [1.29, 1.82) is 0 Å². The Kier molecular flexibility index (Phi) is 8.19. The van der Waals surface area contributed by atoms with Crippen molar-refractivity contribution in [2.75, 3.05) is 0 Å². The fourth-order valence-electron chi connectivity index (χ4n) is 2.47. The summed E-state index contributed by atoms with van der Waals surface area (Å²) >= 11 is 7.20. The Bertz CT molecular complexity index is 976. The average molecular weight is 460 g/mol. The van der Waals surface area contributed by atoms with Crippen LogP contribution in [0, 0.1) is 11.6 Å². The van der Waals surface area contributed by atoms with Crippen LogP contribution in [0.5, 0.6) is 0 Å². The van der Waals surface area contributed by atoms with Crippen molar-refractivity contribution in [3.05, 3.63) is 82.4 Å². The number of thioether (sulfide) groups is 1. The highest BCUT2D eigenvalue weighted by molar-refractivity contribution is 8.02. The summed E-state index contributed by atoms with van der Waals surface area (Å²) in [6, 6.07) is 7.58. The first-order valence-corrected chi connectivity index (χ1v) is 11.1. The highest BCUT2D eigenvalue weighted by Gasteiger charge is 2.36. The molecule has 0 spiro atoms. The third-order valence-corrected chi connectivity index (χ3v) is 6.02. The van der Waals surface area contributed by atoms with Gasteiger partial charge in [0.1, 0.15) is 17.3 Å². The molecule has 0 saturated carbocycles. The molecule has 0 aliphatic carbocycles. The molecule has 5 nitrogen and oxygen atoms in total. The number of amides is 1. The van der Waals surface area contributed by atoms with E-state index in [1.165, 1.54) is 23.9 Å². The second-order valence-corrected chi connectivity index (χ2v) is 9.14. The molecule has 0 bridgehead atoms. The van der Waals surface area contributed by atoms with E-state index in [2.05, 4.69) is 11.9 Å². The van der Waals surface area contributed by atoms with Crippen LogP contribution in [0.1, 0.15) is 11.1 Å². The van der Waals surface area contributed by atoms with Crippen LogP contribution in [0.25, 0.3) is 6.08 Å². The number of benzene rings is 2.